The minimum atomic E-state index is -0.403. The van der Waals surface area contributed by atoms with Crippen LogP contribution in [0.2, 0.25) is 0 Å². The molecular weight excluding hydrogens is 230 g/mol. The van der Waals surface area contributed by atoms with Crippen LogP contribution in [0.4, 0.5) is 0 Å². The summed E-state index contributed by atoms with van der Waals surface area (Å²) in [4.78, 5) is 16.7. The number of rotatable bonds is 4. The molecule has 2 heterocycles. The van der Waals surface area contributed by atoms with Crippen molar-refractivity contribution >= 4 is 5.91 Å². The third kappa shape index (κ3) is 3.22. The number of fused-ring (bicyclic) bond motifs is 1. The highest BCUT2D eigenvalue weighted by Gasteiger charge is 2.32. The van der Waals surface area contributed by atoms with Gasteiger partial charge in [-0.1, -0.05) is 6.42 Å². The summed E-state index contributed by atoms with van der Waals surface area (Å²) in [5, 5.41) is 0. The van der Waals surface area contributed by atoms with E-state index in [1.54, 1.807) is 7.11 Å². The summed E-state index contributed by atoms with van der Waals surface area (Å²) in [6.45, 7) is 4.45. The van der Waals surface area contributed by atoms with Crippen LogP contribution < -0.4 is 5.73 Å². The van der Waals surface area contributed by atoms with Gasteiger partial charge in [0.2, 0.25) is 5.91 Å². The normalized spacial score (nSPS) is 26.8. The Labute approximate surface area is 109 Å². The van der Waals surface area contributed by atoms with Crippen molar-refractivity contribution in [2.75, 3.05) is 39.9 Å². The fourth-order valence-corrected chi connectivity index (χ4v) is 2.96. The first-order valence-electron chi connectivity index (χ1n) is 6.99. The number of methoxy groups -OCH3 is 1. The van der Waals surface area contributed by atoms with Gasteiger partial charge in [0.05, 0.1) is 6.04 Å². The summed E-state index contributed by atoms with van der Waals surface area (Å²) < 4.78 is 4.98. The van der Waals surface area contributed by atoms with Gasteiger partial charge in [-0.2, -0.15) is 0 Å². The van der Waals surface area contributed by atoms with Crippen LogP contribution in [0.5, 0.6) is 0 Å². The van der Waals surface area contributed by atoms with Crippen molar-refractivity contribution in [3.63, 3.8) is 0 Å². The topological polar surface area (TPSA) is 58.8 Å². The number of hydrogen-bond acceptors (Lipinski definition) is 4. The molecular formula is C13H25N3O2. The molecule has 2 aliphatic heterocycles. The van der Waals surface area contributed by atoms with E-state index in [-0.39, 0.29) is 5.91 Å². The predicted molar refractivity (Wildman–Crippen MR) is 70.3 cm³/mol. The SMILES string of the molecule is COCCC(N)C(=O)N1CCN2CCCCC2C1. The molecule has 0 radical (unpaired) electrons. The van der Waals surface area contributed by atoms with Gasteiger partial charge in [0.25, 0.3) is 0 Å². The first-order chi connectivity index (χ1) is 8.72. The molecule has 0 spiro atoms. The molecule has 2 atom stereocenters. The number of carbonyl (C=O) groups excluding carboxylic acids is 1. The number of nitrogens with two attached hydrogens (primary N) is 1. The Kier molecular flexibility index (Phi) is 4.97. The number of nitrogens with zero attached hydrogens (tertiary/aromatic N) is 2. The van der Waals surface area contributed by atoms with Crippen LogP contribution in [0.1, 0.15) is 25.7 Å². The van der Waals surface area contributed by atoms with Crippen molar-refractivity contribution in [2.45, 2.75) is 37.8 Å². The zero-order chi connectivity index (χ0) is 13.0. The molecule has 2 N–H and O–H groups in total. The molecule has 1 amide bonds. The molecule has 5 heteroatoms. The molecule has 0 aliphatic carbocycles. The number of ether oxygens (including phenoxy) is 1. The first-order valence-corrected chi connectivity index (χ1v) is 6.99. The van der Waals surface area contributed by atoms with E-state index >= 15 is 0 Å². The number of carbonyl (C=O) groups is 1. The second kappa shape index (κ2) is 6.50. The summed E-state index contributed by atoms with van der Waals surface area (Å²) in [5.74, 6) is 0.0947. The van der Waals surface area contributed by atoms with E-state index in [9.17, 15) is 4.79 Å². The largest absolute Gasteiger partial charge is 0.385 e. The van der Waals surface area contributed by atoms with Gasteiger partial charge in [0, 0.05) is 39.4 Å². The minimum Gasteiger partial charge on any atom is -0.385 e. The third-order valence-corrected chi connectivity index (χ3v) is 4.10. The lowest BCUT2D eigenvalue weighted by Gasteiger charge is -2.44. The predicted octanol–water partition coefficient (Wildman–Crippen LogP) is 0.0469. The van der Waals surface area contributed by atoms with Crippen molar-refractivity contribution < 1.29 is 9.53 Å². The average Bonchev–Trinajstić information content (AvgIpc) is 2.43. The van der Waals surface area contributed by atoms with Gasteiger partial charge < -0.3 is 15.4 Å². The smallest absolute Gasteiger partial charge is 0.239 e. The second-order valence-corrected chi connectivity index (χ2v) is 5.36. The van der Waals surface area contributed by atoms with Gasteiger partial charge in [-0.05, 0) is 25.8 Å². The molecule has 2 saturated heterocycles. The molecule has 2 aliphatic rings. The summed E-state index contributed by atoms with van der Waals surface area (Å²) in [7, 11) is 1.64. The Morgan fingerprint density at radius 2 is 2.22 bits per heavy atom. The van der Waals surface area contributed by atoms with E-state index in [0.29, 0.717) is 19.1 Å². The van der Waals surface area contributed by atoms with Crippen LogP contribution in [0, 0.1) is 0 Å². The van der Waals surface area contributed by atoms with Gasteiger partial charge >= 0.3 is 0 Å². The Hall–Kier alpha value is -0.650. The quantitative estimate of drug-likeness (QED) is 0.771. The first kappa shape index (κ1) is 13.8. The van der Waals surface area contributed by atoms with Gasteiger partial charge in [-0.15, -0.1) is 0 Å². The van der Waals surface area contributed by atoms with Crippen molar-refractivity contribution in [3.8, 4) is 0 Å². The molecule has 0 aromatic rings. The monoisotopic (exact) mass is 255 g/mol. The van der Waals surface area contributed by atoms with Gasteiger partial charge in [0.15, 0.2) is 0 Å². The van der Waals surface area contributed by atoms with Crippen molar-refractivity contribution in [2.24, 2.45) is 5.73 Å². The Balaban J connectivity index is 1.84. The number of hydrogen-bond donors (Lipinski definition) is 1. The van der Waals surface area contributed by atoms with Crippen molar-refractivity contribution in [3.05, 3.63) is 0 Å². The van der Waals surface area contributed by atoms with E-state index in [2.05, 4.69) is 4.90 Å². The van der Waals surface area contributed by atoms with E-state index in [0.717, 1.165) is 19.6 Å². The van der Waals surface area contributed by atoms with Crippen LogP contribution in [0.25, 0.3) is 0 Å². The van der Waals surface area contributed by atoms with E-state index < -0.39 is 6.04 Å². The lowest BCUT2D eigenvalue weighted by Crippen LogP contribution is -2.58. The van der Waals surface area contributed by atoms with E-state index in [1.165, 1.54) is 25.8 Å². The second-order valence-electron chi connectivity index (χ2n) is 5.36. The Morgan fingerprint density at radius 3 is 3.00 bits per heavy atom. The Bertz CT molecular complexity index is 285. The van der Waals surface area contributed by atoms with Crippen LogP contribution in [0.15, 0.2) is 0 Å². The lowest BCUT2D eigenvalue weighted by molar-refractivity contribution is -0.136. The van der Waals surface area contributed by atoms with Crippen LogP contribution in [0.3, 0.4) is 0 Å². The molecule has 18 heavy (non-hydrogen) atoms. The summed E-state index contributed by atoms with van der Waals surface area (Å²) in [6, 6.07) is 0.158. The van der Waals surface area contributed by atoms with E-state index in [1.807, 2.05) is 4.90 Å². The zero-order valence-corrected chi connectivity index (χ0v) is 11.3. The molecule has 5 nitrogen and oxygen atoms in total. The molecule has 104 valence electrons. The maximum Gasteiger partial charge on any atom is 0.239 e. The molecule has 0 saturated carbocycles. The molecule has 0 bridgehead atoms. The lowest BCUT2D eigenvalue weighted by atomic mass is 9.99. The van der Waals surface area contributed by atoms with Crippen LogP contribution >= 0.6 is 0 Å². The summed E-state index contributed by atoms with van der Waals surface area (Å²) in [5.41, 5.74) is 5.92. The third-order valence-electron chi connectivity index (χ3n) is 4.10. The molecule has 2 rings (SSSR count). The number of amides is 1. The molecule has 2 fully saturated rings. The maximum absolute atomic E-state index is 12.2. The fourth-order valence-electron chi connectivity index (χ4n) is 2.96. The Morgan fingerprint density at radius 1 is 1.39 bits per heavy atom. The molecule has 0 aromatic heterocycles. The van der Waals surface area contributed by atoms with Crippen LogP contribution in [-0.2, 0) is 9.53 Å². The maximum atomic E-state index is 12.2. The highest BCUT2D eigenvalue weighted by molar-refractivity contribution is 5.81. The fraction of sp³-hybridized carbons (Fsp3) is 0.923. The van der Waals surface area contributed by atoms with Crippen molar-refractivity contribution in [1.29, 1.82) is 0 Å². The molecule has 2 unspecified atom stereocenters. The van der Waals surface area contributed by atoms with Gasteiger partial charge in [-0.3, -0.25) is 9.69 Å². The zero-order valence-electron chi connectivity index (χ0n) is 11.3. The summed E-state index contributed by atoms with van der Waals surface area (Å²) in [6.07, 6.45) is 4.42. The van der Waals surface area contributed by atoms with E-state index in [4.69, 9.17) is 10.5 Å². The highest BCUT2D eigenvalue weighted by atomic mass is 16.5. The highest BCUT2D eigenvalue weighted by Crippen LogP contribution is 2.21. The number of piperidine rings is 1. The number of piperazine rings is 1. The van der Waals surface area contributed by atoms with Crippen molar-refractivity contribution in [1.82, 2.24) is 9.80 Å². The van der Waals surface area contributed by atoms with Gasteiger partial charge in [-0.25, -0.2) is 0 Å². The standard InChI is InChI=1S/C13H25N3O2/c1-18-9-5-12(14)13(17)16-8-7-15-6-3-2-4-11(15)10-16/h11-12H,2-10,14H2,1H3. The average molecular weight is 255 g/mol. The molecule has 0 aromatic carbocycles. The summed E-state index contributed by atoms with van der Waals surface area (Å²) >= 11 is 0. The van der Waals surface area contributed by atoms with Gasteiger partial charge in [0.1, 0.15) is 0 Å². The van der Waals surface area contributed by atoms with Crippen LogP contribution in [-0.4, -0.2) is 67.7 Å². The minimum absolute atomic E-state index is 0.0947.